The molecule has 0 radical (unpaired) electrons. The van der Waals surface area contributed by atoms with Crippen LogP contribution in [-0.4, -0.2) is 28.3 Å². The maximum absolute atomic E-state index is 14.0. The number of para-hydroxylation sites is 1. The summed E-state index contributed by atoms with van der Waals surface area (Å²) in [5, 5.41) is 2.78. The quantitative estimate of drug-likeness (QED) is 0.285. The monoisotopic (exact) mass is 613 g/mol. The minimum absolute atomic E-state index is 0.0807. The van der Waals surface area contributed by atoms with Gasteiger partial charge in [0, 0.05) is 23.5 Å². The largest absolute Gasteiger partial charge is 0.492 e. The molecule has 0 aliphatic heterocycles. The molecule has 1 aliphatic rings. The summed E-state index contributed by atoms with van der Waals surface area (Å²) in [6, 6.07) is 5.29. The van der Waals surface area contributed by atoms with Crippen LogP contribution in [0, 0.1) is 11.2 Å². The maximum Gasteiger partial charge on any atom is 0.419 e. The summed E-state index contributed by atoms with van der Waals surface area (Å²) in [7, 11) is 0. The fourth-order valence-corrected chi connectivity index (χ4v) is 4.58. The fraction of sp³-hybridized carbons (Fsp3) is 0.444. The summed E-state index contributed by atoms with van der Waals surface area (Å²) in [6.45, 7) is 6.50. The van der Waals surface area contributed by atoms with Crippen molar-refractivity contribution in [3.05, 3.63) is 67.9 Å². The molecule has 1 saturated carbocycles. The highest BCUT2D eigenvalue weighted by molar-refractivity contribution is 9.10. The van der Waals surface area contributed by atoms with E-state index in [4.69, 9.17) is 9.47 Å². The summed E-state index contributed by atoms with van der Waals surface area (Å²) in [5.74, 6) is -0.659. The van der Waals surface area contributed by atoms with Gasteiger partial charge in [-0.2, -0.15) is 13.2 Å². The van der Waals surface area contributed by atoms with Crippen LogP contribution >= 0.6 is 15.9 Å². The smallest absolute Gasteiger partial charge is 0.419 e. The third-order valence-electron chi connectivity index (χ3n) is 6.37. The normalized spacial score (nSPS) is 15.6. The third-order valence-corrected chi connectivity index (χ3v) is 6.98. The zero-order valence-electron chi connectivity index (χ0n) is 21.8. The highest BCUT2D eigenvalue weighted by atomic mass is 79.9. The Morgan fingerprint density at radius 3 is 2.54 bits per heavy atom. The molecule has 39 heavy (non-hydrogen) atoms. The second-order valence-electron chi connectivity index (χ2n) is 10.9. The highest BCUT2D eigenvalue weighted by Crippen LogP contribution is 2.49. The van der Waals surface area contributed by atoms with E-state index in [1.807, 2.05) is 0 Å². The Hall–Kier alpha value is -3.15. The summed E-state index contributed by atoms with van der Waals surface area (Å²) in [5.41, 5.74) is -2.43. The van der Waals surface area contributed by atoms with Crippen molar-refractivity contribution in [2.45, 2.75) is 64.8 Å². The van der Waals surface area contributed by atoms with Gasteiger partial charge in [-0.3, -0.25) is 4.79 Å². The van der Waals surface area contributed by atoms with Gasteiger partial charge in [0.05, 0.1) is 33.6 Å². The van der Waals surface area contributed by atoms with Crippen LogP contribution in [0.1, 0.15) is 63.5 Å². The van der Waals surface area contributed by atoms with Crippen molar-refractivity contribution < 1.29 is 31.8 Å². The molecule has 2 aromatic carbocycles. The second-order valence-corrected chi connectivity index (χ2v) is 11.7. The first-order valence-electron chi connectivity index (χ1n) is 12.3. The first-order valence-corrected chi connectivity index (χ1v) is 13.1. The van der Waals surface area contributed by atoms with Gasteiger partial charge < -0.3 is 19.8 Å². The van der Waals surface area contributed by atoms with Crippen LogP contribution in [0.2, 0.25) is 0 Å². The number of carbonyl (C=O) groups is 1. The van der Waals surface area contributed by atoms with Gasteiger partial charge in [0.25, 0.3) is 5.56 Å². The van der Waals surface area contributed by atoms with Crippen molar-refractivity contribution in [3.8, 4) is 5.75 Å². The zero-order valence-corrected chi connectivity index (χ0v) is 23.3. The lowest BCUT2D eigenvalue weighted by Crippen LogP contribution is -2.34. The molecule has 0 unspecified atom stereocenters. The molecular weight excluding hydrogens is 586 g/mol. The topological polar surface area (TPSA) is 93.3 Å². The highest BCUT2D eigenvalue weighted by Gasteiger charge is 2.45. The predicted molar refractivity (Wildman–Crippen MR) is 140 cm³/mol. The molecule has 12 heteroatoms. The van der Waals surface area contributed by atoms with Crippen LogP contribution in [-0.2, 0) is 17.3 Å². The lowest BCUT2D eigenvalue weighted by Gasteiger charge is -2.25. The van der Waals surface area contributed by atoms with E-state index in [0.717, 1.165) is 12.1 Å². The van der Waals surface area contributed by atoms with E-state index < -0.39 is 46.3 Å². The Morgan fingerprint density at radius 2 is 1.92 bits per heavy atom. The Bertz CT molecular complexity index is 1460. The van der Waals surface area contributed by atoms with Crippen LogP contribution in [0.5, 0.6) is 5.75 Å². The molecule has 7 nitrogen and oxygen atoms in total. The number of H-pyrrole nitrogens is 1. The average Bonchev–Trinajstić information content (AvgIpc) is 3.56. The molecule has 2 N–H and O–H groups in total. The number of alkyl halides is 3. The van der Waals surface area contributed by atoms with E-state index in [1.54, 1.807) is 27.7 Å². The summed E-state index contributed by atoms with van der Waals surface area (Å²) < 4.78 is 67.1. The number of benzene rings is 2. The van der Waals surface area contributed by atoms with Crippen molar-refractivity contribution in [2.24, 2.45) is 5.41 Å². The molecule has 1 aliphatic carbocycles. The van der Waals surface area contributed by atoms with Crippen LogP contribution in [0.25, 0.3) is 10.9 Å². The van der Waals surface area contributed by atoms with Gasteiger partial charge in [-0.15, -0.1) is 0 Å². The molecule has 1 fully saturated rings. The van der Waals surface area contributed by atoms with Gasteiger partial charge in [0.2, 0.25) is 0 Å². The summed E-state index contributed by atoms with van der Waals surface area (Å²) in [4.78, 5) is 31.9. The number of aromatic amines is 1. The number of halogens is 5. The molecule has 0 saturated heterocycles. The number of rotatable bonds is 7. The van der Waals surface area contributed by atoms with Gasteiger partial charge in [-0.1, -0.05) is 12.1 Å². The third kappa shape index (κ3) is 6.90. The van der Waals surface area contributed by atoms with E-state index in [-0.39, 0.29) is 39.7 Å². The van der Waals surface area contributed by atoms with Crippen molar-refractivity contribution in [3.63, 3.8) is 0 Å². The van der Waals surface area contributed by atoms with E-state index in [2.05, 4.69) is 31.2 Å². The molecule has 0 spiro atoms. The minimum atomic E-state index is -4.70. The molecule has 1 atom stereocenters. The predicted octanol–water partition coefficient (Wildman–Crippen LogP) is 6.83. The molecule has 1 heterocycles. The van der Waals surface area contributed by atoms with Gasteiger partial charge >= 0.3 is 12.3 Å². The number of hydrogen-bond donors (Lipinski definition) is 2. The lowest BCUT2D eigenvalue weighted by molar-refractivity contribution is -0.139. The minimum Gasteiger partial charge on any atom is -0.492 e. The number of alkyl carbamates (subject to hydrolysis) is 1. The zero-order chi connectivity index (χ0) is 28.8. The van der Waals surface area contributed by atoms with Crippen molar-refractivity contribution >= 4 is 32.9 Å². The standard InChI is InChI=1S/C27H28BrF4N3O4/c1-14(33-24(37)39-25(2,3)4)15-6-5-7-17(27(30,31)32)22(15)38-13-26(8-9-26)12-21-34-20-11-19(29)18(28)10-16(20)23(36)35-21/h5-7,10-11,14H,8-9,12-13H2,1-4H3,(H,33,37)(H,34,35,36)/t14-/m1/s1. The summed E-state index contributed by atoms with van der Waals surface area (Å²) in [6.07, 6.45) is -3.97. The number of hydrogen-bond acceptors (Lipinski definition) is 5. The Morgan fingerprint density at radius 1 is 1.23 bits per heavy atom. The Kier molecular flexibility index (Phi) is 7.72. The van der Waals surface area contributed by atoms with Gasteiger partial charge in [-0.25, -0.2) is 14.2 Å². The molecule has 1 amide bonds. The van der Waals surface area contributed by atoms with Gasteiger partial charge in [0.1, 0.15) is 23.0 Å². The van der Waals surface area contributed by atoms with E-state index >= 15 is 0 Å². The number of carbonyl (C=O) groups excluding carboxylic acids is 1. The van der Waals surface area contributed by atoms with Crippen LogP contribution < -0.4 is 15.6 Å². The molecule has 4 rings (SSSR count). The van der Waals surface area contributed by atoms with Crippen LogP contribution in [0.15, 0.2) is 39.6 Å². The second kappa shape index (κ2) is 10.4. The molecule has 0 bridgehead atoms. The van der Waals surface area contributed by atoms with Gasteiger partial charge in [-0.05, 0) is 68.6 Å². The summed E-state index contributed by atoms with van der Waals surface area (Å²) >= 11 is 3.05. The average molecular weight is 614 g/mol. The first-order chi connectivity index (χ1) is 18.1. The Balaban J connectivity index is 1.58. The SMILES string of the molecule is C[C@@H](NC(=O)OC(C)(C)C)c1cccc(C(F)(F)F)c1OCC1(Cc2nc3cc(F)c(Br)cc3c(=O)[nH]2)CC1. The number of nitrogens with one attached hydrogen (secondary N) is 2. The van der Waals surface area contributed by atoms with E-state index in [1.165, 1.54) is 18.2 Å². The molecule has 210 valence electrons. The number of nitrogens with zero attached hydrogens (tertiary/aromatic N) is 1. The lowest BCUT2D eigenvalue weighted by atomic mass is 10.0. The molecule has 3 aromatic rings. The number of amides is 1. The van der Waals surface area contributed by atoms with Crippen molar-refractivity contribution in [1.29, 1.82) is 0 Å². The number of aromatic nitrogens is 2. The van der Waals surface area contributed by atoms with E-state index in [0.29, 0.717) is 18.7 Å². The van der Waals surface area contributed by atoms with E-state index in [9.17, 15) is 27.2 Å². The number of ether oxygens (including phenoxy) is 2. The molecular formula is C27H28BrF4N3O4. The maximum atomic E-state index is 14.0. The van der Waals surface area contributed by atoms with Crippen LogP contribution in [0.4, 0.5) is 22.4 Å². The van der Waals surface area contributed by atoms with Crippen molar-refractivity contribution in [2.75, 3.05) is 6.61 Å². The number of fused-ring (bicyclic) bond motifs is 1. The fourth-order valence-electron chi connectivity index (χ4n) is 4.24. The first kappa shape index (κ1) is 28.8. The van der Waals surface area contributed by atoms with Crippen molar-refractivity contribution in [1.82, 2.24) is 15.3 Å². The Labute approximate surface area is 230 Å². The van der Waals surface area contributed by atoms with Crippen LogP contribution in [0.3, 0.4) is 0 Å². The molecule has 1 aromatic heterocycles. The van der Waals surface area contributed by atoms with Gasteiger partial charge in [0.15, 0.2) is 0 Å².